The van der Waals surface area contributed by atoms with Crippen molar-refractivity contribution in [2.75, 3.05) is 0 Å². The van der Waals surface area contributed by atoms with Crippen molar-refractivity contribution in [1.29, 1.82) is 0 Å². The second-order valence-electron chi connectivity index (χ2n) is 4.54. The van der Waals surface area contributed by atoms with E-state index in [2.05, 4.69) is 0 Å². The molecule has 0 atom stereocenters. The minimum absolute atomic E-state index is 0.0552. The summed E-state index contributed by atoms with van der Waals surface area (Å²) in [5.74, 6) is -0.0552. The predicted molar refractivity (Wildman–Crippen MR) is 66.1 cm³/mol. The van der Waals surface area contributed by atoms with Gasteiger partial charge in [0.15, 0.2) is 5.78 Å². The summed E-state index contributed by atoms with van der Waals surface area (Å²) in [7, 11) is 0. The molecule has 86 valence electrons. The van der Waals surface area contributed by atoms with Crippen LogP contribution >= 0.6 is 0 Å². The summed E-state index contributed by atoms with van der Waals surface area (Å²) in [6.45, 7) is 6.83. The van der Waals surface area contributed by atoms with E-state index in [1.165, 1.54) is 13.0 Å². The third kappa shape index (κ3) is 3.04. The monoisotopic (exact) mass is 218 g/mol. The highest BCUT2D eigenvalue weighted by Gasteiger charge is 2.22. The lowest BCUT2D eigenvalue weighted by atomic mass is 9.88. The average Bonchev–Trinajstić information content (AvgIpc) is 2.13. The van der Waals surface area contributed by atoms with Crippen LogP contribution in [0.15, 0.2) is 30.3 Å². The van der Waals surface area contributed by atoms with Gasteiger partial charge in [-0.05, 0) is 50.5 Å². The first-order valence-electron chi connectivity index (χ1n) is 5.33. The molecule has 0 radical (unpaired) electrons. The van der Waals surface area contributed by atoms with Gasteiger partial charge in [-0.1, -0.05) is 24.3 Å². The van der Waals surface area contributed by atoms with Crippen molar-refractivity contribution in [3.05, 3.63) is 41.5 Å². The van der Waals surface area contributed by atoms with Crippen molar-refractivity contribution in [1.82, 2.24) is 0 Å². The van der Waals surface area contributed by atoms with Crippen LogP contribution in [0.1, 0.15) is 31.9 Å². The van der Waals surface area contributed by atoms with Gasteiger partial charge in [0, 0.05) is 0 Å². The molecule has 0 saturated carbocycles. The fourth-order valence-electron chi connectivity index (χ4n) is 1.66. The van der Waals surface area contributed by atoms with Crippen LogP contribution in [0.3, 0.4) is 0 Å². The van der Waals surface area contributed by atoms with E-state index < -0.39 is 5.60 Å². The summed E-state index contributed by atoms with van der Waals surface area (Å²) < 4.78 is 0. The number of benzene rings is 1. The predicted octanol–water partition coefficient (Wildman–Crippen LogP) is 2.74. The van der Waals surface area contributed by atoms with Crippen LogP contribution in [0, 0.1) is 6.92 Å². The van der Waals surface area contributed by atoms with Gasteiger partial charge in [0.05, 0.1) is 5.60 Å². The zero-order chi connectivity index (χ0) is 12.3. The smallest absolute Gasteiger partial charge is 0.153 e. The zero-order valence-corrected chi connectivity index (χ0v) is 10.2. The van der Waals surface area contributed by atoms with Crippen molar-refractivity contribution in [2.24, 2.45) is 0 Å². The molecule has 1 aromatic rings. The van der Waals surface area contributed by atoms with Crippen molar-refractivity contribution < 1.29 is 9.90 Å². The second kappa shape index (κ2) is 4.62. The lowest BCUT2D eigenvalue weighted by molar-refractivity contribution is -0.112. The van der Waals surface area contributed by atoms with Crippen LogP contribution in [0.25, 0.3) is 5.57 Å². The Morgan fingerprint density at radius 2 is 1.88 bits per heavy atom. The number of rotatable bonds is 3. The largest absolute Gasteiger partial charge is 0.386 e. The Hall–Kier alpha value is -1.41. The maximum Gasteiger partial charge on any atom is 0.153 e. The third-order valence-electron chi connectivity index (χ3n) is 2.44. The minimum atomic E-state index is -1.02. The average molecular weight is 218 g/mol. The molecule has 1 N–H and O–H groups in total. The van der Waals surface area contributed by atoms with Crippen LogP contribution in [-0.2, 0) is 4.79 Å². The maximum atomic E-state index is 11.2. The number of aliphatic hydroxyl groups is 1. The first kappa shape index (κ1) is 12.7. The van der Waals surface area contributed by atoms with Crippen LogP contribution in [0.2, 0.25) is 0 Å². The van der Waals surface area contributed by atoms with E-state index in [1.807, 2.05) is 31.2 Å². The quantitative estimate of drug-likeness (QED) is 0.792. The number of allylic oxidation sites excluding steroid dienone is 1. The first-order chi connectivity index (χ1) is 7.32. The Bertz CT molecular complexity index is 423. The third-order valence-corrected chi connectivity index (χ3v) is 2.44. The van der Waals surface area contributed by atoms with E-state index in [0.29, 0.717) is 5.57 Å². The number of hydrogen-bond acceptors (Lipinski definition) is 2. The Morgan fingerprint density at radius 1 is 1.31 bits per heavy atom. The fourth-order valence-corrected chi connectivity index (χ4v) is 1.66. The molecule has 1 aromatic carbocycles. The molecule has 0 aliphatic carbocycles. The number of ketones is 1. The number of carbonyl (C=O) groups excluding carboxylic acids is 1. The van der Waals surface area contributed by atoms with Gasteiger partial charge in [-0.25, -0.2) is 0 Å². The van der Waals surface area contributed by atoms with Crippen LogP contribution in [0.4, 0.5) is 0 Å². The molecule has 0 amide bonds. The van der Waals surface area contributed by atoms with Gasteiger partial charge < -0.3 is 5.11 Å². The Balaban J connectivity index is 3.34. The van der Waals surface area contributed by atoms with Crippen LogP contribution in [-0.4, -0.2) is 16.5 Å². The molecule has 0 unspecified atom stereocenters. The van der Waals surface area contributed by atoms with E-state index in [9.17, 15) is 9.90 Å². The highest BCUT2D eigenvalue weighted by Crippen LogP contribution is 2.28. The van der Waals surface area contributed by atoms with Gasteiger partial charge in [-0.2, -0.15) is 0 Å². The van der Waals surface area contributed by atoms with E-state index in [-0.39, 0.29) is 5.78 Å². The number of carbonyl (C=O) groups is 1. The highest BCUT2D eigenvalue weighted by molar-refractivity contribution is 5.96. The molecule has 16 heavy (non-hydrogen) atoms. The number of aryl methyl sites for hydroxylation is 1. The Morgan fingerprint density at radius 3 is 2.31 bits per heavy atom. The van der Waals surface area contributed by atoms with Crippen molar-refractivity contribution in [3.63, 3.8) is 0 Å². The van der Waals surface area contributed by atoms with E-state index in [0.717, 1.165) is 11.1 Å². The molecule has 0 spiro atoms. The molecular weight excluding hydrogens is 200 g/mol. The lowest BCUT2D eigenvalue weighted by Gasteiger charge is -2.23. The second-order valence-corrected chi connectivity index (χ2v) is 4.54. The molecule has 0 heterocycles. The molecular formula is C14H18O2. The summed E-state index contributed by atoms with van der Waals surface area (Å²) in [6.07, 6.45) is 1.50. The van der Waals surface area contributed by atoms with Crippen LogP contribution in [0.5, 0.6) is 0 Å². The molecule has 0 aromatic heterocycles. The van der Waals surface area contributed by atoms with Crippen molar-refractivity contribution >= 4 is 11.4 Å². The van der Waals surface area contributed by atoms with Gasteiger partial charge >= 0.3 is 0 Å². The van der Waals surface area contributed by atoms with E-state index in [1.54, 1.807) is 13.8 Å². The van der Waals surface area contributed by atoms with Gasteiger partial charge in [0.2, 0.25) is 0 Å². The fraction of sp³-hybridized carbons (Fsp3) is 0.357. The van der Waals surface area contributed by atoms with Gasteiger partial charge in [0.1, 0.15) is 0 Å². The molecule has 0 saturated heterocycles. The van der Waals surface area contributed by atoms with Crippen LogP contribution < -0.4 is 0 Å². The summed E-state index contributed by atoms with van der Waals surface area (Å²) in [5, 5.41) is 10.1. The molecule has 0 fully saturated rings. The SMILES string of the molecule is CC(=O)/C=C(/c1ccccc1C)C(C)(C)O. The zero-order valence-electron chi connectivity index (χ0n) is 10.2. The maximum absolute atomic E-state index is 11.2. The Labute approximate surface area is 96.6 Å². The van der Waals surface area contributed by atoms with Gasteiger partial charge in [-0.15, -0.1) is 0 Å². The molecule has 2 nitrogen and oxygen atoms in total. The molecule has 0 aliphatic heterocycles. The van der Waals surface area contributed by atoms with Gasteiger partial charge in [-0.3, -0.25) is 4.79 Å². The number of hydrogen-bond donors (Lipinski definition) is 1. The summed E-state index contributed by atoms with van der Waals surface area (Å²) >= 11 is 0. The van der Waals surface area contributed by atoms with E-state index in [4.69, 9.17) is 0 Å². The normalized spacial score (nSPS) is 12.7. The molecule has 1 rings (SSSR count). The summed E-state index contributed by atoms with van der Waals surface area (Å²) in [5.41, 5.74) is 1.62. The molecule has 0 bridgehead atoms. The highest BCUT2D eigenvalue weighted by atomic mass is 16.3. The lowest BCUT2D eigenvalue weighted by Crippen LogP contribution is -2.22. The van der Waals surface area contributed by atoms with E-state index >= 15 is 0 Å². The first-order valence-corrected chi connectivity index (χ1v) is 5.33. The summed E-state index contributed by atoms with van der Waals surface area (Å²) in [6, 6.07) is 7.73. The summed E-state index contributed by atoms with van der Waals surface area (Å²) in [4.78, 5) is 11.2. The topological polar surface area (TPSA) is 37.3 Å². The van der Waals surface area contributed by atoms with Crippen molar-refractivity contribution in [3.8, 4) is 0 Å². The molecule has 0 aliphatic rings. The van der Waals surface area contributed by atoms with Gasteiger partial charge in [0.25, 0.3) is 0 Å². The van der Waals surface area contributed by atoms with Crippen molar-refractivity contribution in [2.45, 2.75) is 33.3 Å². The standard InChI is InChI=1S/C14H18O2/c1-10-7-5-6-8-12(10)13(9-11(2)15)14(3,4)16/h5-9,16H,1-4H3/b13-9-. The molecule has 2 heteroatoms. The Kier molecular flexibility index (Phi) is 3.66. The minimum Gasteiger partial charge on any atom is -0.386 e.